The van der Waals surface area contributed by atoms with Gasteiger partial charge in [-0.3, -0.25) is 9.80 Å². The number of nitrogens with zero attached hydrogens (tertiary/aromatic N) is 3. The van der Waals surface area contributed by atoms with Gasteiger partial charge in [0, 0.05) is 29.6 Å². The van der Waals surface area contributed by atoms with Gasteiger partial charge >= 0.3 is 6.29 Å². The number of pyridine rings is 1. The fourth-order valence-electron chi connectivity index (χ4n) is 2.88. The maximum Gasteiger partial charge on any atom is 0.586 e. The molecule has 1 aliphatic rings. The number of amides is 1. The average molecular weight is 467 g/mol. The zero-order valence-electron chi connectivity index (χ0n) is 17.3. The molecular weight excluding hydrogens is 446 g/mol. The second-order valence-corrected chi connectivity index (χ2v) is 7.12. The highest BCUT2D eigenvalue weighted by molar-refractivity contribution is 6.29. The number of aromatic nitrogens is 1. The molecule has 1 aromatic heterocycles. The topological polar surface area (TPSA) is 114 Å². The van der Waals surface area contributed by atoms with Crippen molar-refractivity contribution in [3.63, 3.8) is 0 Å². The lowest BCUT2D eigenvalue weighted by molar-refractivity contribution is -0.286. The first-order chi connectivity index (χ1) is 15.1. The Bertz CT molecular complexity index is 1060. The Morgan fingerprint density at radius 3 is 2.72 bits per heavy atom. The number of ether oxygens (including phenoxy) is 2. The number of alkyl halides is 2. The van der Waals surface area contributed by atoms with Gasteiger partial charge < -0.3 is 20.1 Å². The number of nitrogens with two attached hydrogens (primary N) is 1. The van der Waals surface area contributed by atoms with E-state index in [9.17, 15) is 13.6 Å². The monoisotopic (exact) mass is 466 g/mol. The Morgan fingerprint density at radius 1 is 1.31 bits per heavy atom. The minimum Gasteiger partial charge on any atom is -0.395 e. The number of nitrogens with one attached hydrogen (secondary N) is 2. The molecule has 0 fully saturated rings. The first-order valence-corrected chi connectivity index (χ1v) is 9.82. The maximum absolute atomic E-state index is 13.2. The Hall–Kier alpha value is -3.44. The molecule has 1 aliphatic heterocycles. The van der Waals surface area contributed by atoms with Crippen molar-refractivity contribution in [2.24, 2.45) is 10.8 Å². The number of carbonyl (C=O) groups is 1. The number of rotatable bonds is 7. The van der Waals surface area contributed by atoms with Gasteiger partial charge in [0.05, 0.1) is 0 Å². The Morgan fingerprint density at radius 2 is 2.03 bits per heavy atom. The van der Waals surface area contributed by atoms with E-state index in [0.717, 1.165) is 5.01 Å². The summed E-state index contributed by atoms with van der Waals surface area (Å²) in [5, 5.41) is 6.88. The lowest BCUT2D eigenvalue weighted by atomic mass is 10.2. The highest BCUT2D eigenvalue weighted by atomic mass is 35.5. The van der Waals surface area contributed by atoms with E-state index in [1.165, 1.54) is 18.2 Å². The van der Waals surface area contributed by atoms with Crippen LogP contribution in [0.25, 0.3) is 0 Å². The number of aryl methyl sites for hydroxylation is 1. The molecule has 12 heteroatoms. The third-order valence-electron chi connectivity index (χ3n) is 4.07. The number of fused-ring (bicyclic) bond motifs is 1. The van der Waals surface area contributed by atoms with Crippen LogP contribution in [0.15, 0.2) is 47.7 Å². The number of hydrogen-bond acceptors (Lipinski definition) is 7. The van der Waals surface area contributed by atoms with Gasteiger partial charge in [0.1, 0.15) is 17.5 Å². The van der Waals surface area contributed by atoms with Crippen molar-refractivity contribution >= 4 is 29.0 Å². The molecule has 0 radical (unpaired) electrons. The minimum absolute atomic E-state index is 0.0904. The number of hydrazine groups is 1. The summed E-state index contributed by atoms with van der Waals surface area (Å²) in [5.41, 5.74) is 1.49. The van der Waals surface area contributed by atoms with E-state index in [4.69, 9.17) is 17.4 Å². The van der Waals surface area contributed by atoms with Crippen LogP contribution in [0.3, 0.4) is 0 Å². The van der Waals surface area contributed by atoms with Gasteiger partial charge in [0.25, 0.3) is 0 Å². The van der Waals surface area contributed by atoms with Gasteiger partial charge in [-0.1, -0.05) is 18.2 Å². The lowest BCUT2D eigenvalue weighted by Gasteiger charge is -2.21. The summed E-state index contributed by atoms with van der Waals surface area (Å²) in [6.07, 6.45) is -3.72. The van der Waals surface area contributed by atoms with Gasteiger partial charge in [-0.05, 0) is 38.1 Å². The van der Waals surface area contributed by atoms with Crippen molar-refractivity contribution in [3.05, 3.63) is 59.1 Å². The second-order valence-electron chi connectivity index (χ2n) is 6.74. The summed E-state index contributed by atoms with van der Waals surface area (Å²) in [6.45, 7) is 7.62. The quantitative estimate of drug-likeness (QED) is 0.189. The Balaban J connectivity index is 1.86. The Kier molecular flexibility index (Phi) is 6.80. The first-order valence-electron chi connectivity index (χ1n) is 9.44. The molecule has 4 N–H and O–H groups in total. The summed E-state index contributed by atoms with van der Waals surface area (Å²) < 4.78 is 35.3. The minimum atomic E-state index is -3.72. The van der Waals surface area contributed by atoms with Crippen molar-refractivity contribution in [1.82, 2.24) is 15.3 Å². The SMILES string of the molecule is C=C(/N=C(/c1cc(C)nc(Cl)c1)N(N)CC(=O)NCC)Nc1ccc2c(c1)OC(F)(F)O2. The van der Waals surface area contributed by atoms with E-state index < -0.39 is 6.29 Å². The van der Waals surface area contributed by atoms with Crippen LogP contribution in [0.1, 0.15) is 18.2 Å². The predicted octanol–water partition coefficient (Wildman–Crippen LogP) is 3.01. The van der Waals surface area contributed by atoms with E-state index in [2.05, 4.69) is 36.7 Å². The normalized spacial score (nSPS) is 14.1. The van der Waals surface area contributed by atoms with E-state index in [1.54, 1.807) is 26.0 Å². The Labute approximate surface area is 187 Å². The number of halogens is 3. The van der Waals surface area contributed by atoms with Crippen LogP contribution in [0.5, 0.6) is 11.5 Å². The summed E-state index contributed by atoms with van der Waals surface area (Å²) in [7, 11) is 0. The molecule has 2 aromatic rings. The van der Waals surface area contributed by atoms with Crippen LogP contribution in [0, 0.1) is 6.92 Å². The van der Waals surface area contributed by atoms with E-state index >= 15 is 0 Å². The third-order valence-corrected chi connectivity index (χ3v) is 4.26. The van der Waals surface area contributed by atoms with E-state index in [0.29, 0.717) is 23.5 Å². The molecule has 0 spiro atoms. The zero-order valence-corrected chi connectivity index (χ0v) is 18.0. The largest absolute Gasteiger partial charge is 0.586 e. The smallest absolute Gasteiger partial charge is 0.395 e. The standard InChI is InChI=1S/C20H21ClF2N6O3/c1-4-25-18(30)10-29(24)19(13-7-11(2)26-17(21)8-13)28-12(3)27-14-5-6-15-16(9-14)32-20(22,23)31-15/h5-9,27H,3-4,10,24H2,1-2H3,(H,25,30)/b28-19-. The summed E-state index contributed by atoms with van der Waals surface area (Å²) in [6, 6.07) is 7.37. The van der Waals surface area contributed by atoms with Crippen LogP contribution < -0.4 is 25.9 Å². The van der Waals surface area contributed by atoms with Gasteiger partial charge in [0.15, 0.2) is 17.3 Å². The molecule has 9 nitrogen and oxygen atoms in total. The van der Waals surface area contributed by atoms with Crippen LogP contribution >= 0.6 is 11.6 Å². The molecule has 1 amide bonds. The highest BCUT2D eigenvalue weighted by Crippen LogP contribution is 2.42. The maximum atomic E-state index is 13.2. The van der Waals surface area contributed by atoms with Gasteiger partial charge in [-0.2, -0.15) is 0 Å². The van der Waals surface area contributed by atoms with Gasteiger partial charge in [-0.25, -0.2) is 15.8 Å². The second kappa shape index (κ2) is 9.37. The lowest BCUT2D eigenvalue weighted by Crippen LogP contribution is -2.45. The van der Waals surface area contributed by atoms with Crippen LogP contribution in [0.2, 0.25) is 5.15 Å². The fourth-order valence-corrected chi connectivity index (χ4v) is 3.13. The first kappa shape index (κ1) is 23.2. The van der Waals surface area contributed by atoms with Crippen molar-refractivity contribution in [1.29, 1.82) is 0 Å². The van der Waals surface area contributed by atoms with E-state index in [1.807, 2.05) is 0 Å². The zero-order chi connectivity index (χ0) is 23.5. The van der Waals surface area contributed by atoms with Crippen LogP contribution in [-0.4, -0.2) is 41.1 Å². The molecule has 0 bridgehead atoms. The molecule has 3 rings (SSSR count). The number of anilines is 1. The van der Waals surface area contributed by atoms with Crippen molar-refractivity contribution < 1.29 is 23.0 Å². The molecule has 0 saturated heterocycles. The molecule has 170 valence electrons. The number of hydrogen-bond donors (Lipinski definition) is 3. The third kappa shape index (κ3) is 5.83. The number of aliphatic imine (C=N–C) groups is 1. The molecule has 0 atom stereocenters. The average Bonchev–Trinajstić information content (AvgIpc) is 2.98. The number of amidine groups is 1. The molecule has 0 aliphatic carbocycles. The molecule has 0 saturated carbocycles. The van der Waals surface area contributed by atoms with Crippen molar-refractivity contribution in [3.8, 4) is 11.5 Å². The van der Waals surface area contributed by atoms with Gasteiger partial charge in [0.2, 0.25) is 5.91 Å². The summed E-state index contributed by atoms with van der Waals surface area (Å²) in [4.78, 5) is 20.5. The fraction of sp³-hybridized carbons (Fsp3) is 0.250. The molecule has 2 heterocycles. The van der Waals surface area contributed by atoms with Gasteiger partial charge in [-0.15, -0.1) is 8.78 Å². The number of carbonyl (C=O) groups excluding carboxylic acids is 1. The molecule has 0 unspecified atom stereocenters. The predicted molar refractivity (Wildman–Crippen MR) is 116 cm³/mol. The highest BCUT2D eigenvalue weighted by Gasteiger charge is 2.43. The van der Waals surface area contributed by atoms with E-state index in [-0.39, 0.29) is 40.8 Å². The summed E-state index contributed by atoms with van der Waals surface area (Å²) in [5.74, 6) is 5.88. The van der Waals surface area contributed by atoms with Crippen molar-refractivity contribution in [2.75, 3.05) is 18.4 Å². The molecule has 32 heavy (non-hydrogen) atoms. The number of likely N-dealkylation sites (N-methyl/N-ethyl adjacent to an activating group) is 1. The summed E-state index contributed by atoms with van der Waals surface area (Å²) >= 11 is 6.07. The molecular formula is C20H21ClF2N6O3. The van der Waals surface area contributed by atoms with Crippen molar-refractivity contribution in [2.45, 2.75) is 20.1 Å². The van der Waals surface area contributed by atoms with Crippen LogP contribution in [0.4, 0.5) is 14.5 Å². The van der Waals surface area contributed by atoms with Crippen LogP contribution in [-0.2, 0) is 4.79 Å². The molecule has 1 aromatic carbocycles. The number of benzene rings is 1.